The highest BCUT2D eigenvalue weighted by molar-refractivity contribution is 6.15. The van der Waals surface area contributed by atoms with Crippen LogP contribution in [0, 0.1) is 11.8 Å². The Morgan fingerprint density at radius 2 is 1.94 bits per heavy atom. The van der Waals surface area contributed by atoms with Gasteiger partial charge in [0, 0.05) is 17.3 Å². The molecule has 0 bridgehead atoms. The zero-order valence-corrected chi connectivity index (χ0v) is 18.8. The maximum atomic E-state index is 13.8. The van der Waals surface area contributed by atoms with Crippen LogP contribution in [0.5, 0.6) is 11.5 Å². The number of aliphatic hydroxyl groups excluding tert-OH is 1. The minimum Gasteiger partial charge on any atom is -0.454 e. The van der Waals surface area contributed by atoms with Gasteiger partial charge in [-0.15, -0.1) is 0 Å². The number of hydrogen-bond acceptors (Lipinski definition) is 7. The fourth-order valence-electron chi connectivity index (χ4n) is 5.97. The number of aliphatic hydroxyl groups is 1. The maximum Gasteiger partial charge on any atom is 0.250 e. The number of aryl methyl sites for hydroxylation is 1. The number of nitrogens with zero attached hydrogens (tertiary/aromatic N) is 1. The Morgan fingerprint density at radius 1 is 1.15 bits per heavy atom. The summed E-state index contributed by atoms with van der Waals surface area (Å²) < 4.78 is 10.8. The average molecular weight is 463 g/mol. The van der Waals surface area contributed by atoms with Crippen molar-refractivity contribution in [3.63, 3.8) is 0 Å². The first-order valence-corrected chi connectivity index (χ1v) is 11.5. The van der Waals surface area contributed by atoms with Crippen LogP contribution in [0.4, 0.5) is 5.69 Å². The van der Waals surface area contributed by atoms with Gasteiger partial charge in [-0.3, -0.25) is 24.6 Å². The van der Waals surface area contributed by atoms with Crippen molar-refractivity contribution in [3.05, 3.63) is 53.1 Å². The van der Waals surface area contributed by atoms with Gasteiger partial charge in [0.05, 0.1) is 24.5 Å². The van der Waals surface area contributed by atoms with Crippen molar-refractivity contribution in [1.82, 2.24) is 10.2 Å². The molecule has 176 valence electrons. The summed E-state index contributed by atoms with van der Waals surface area (Å²) in [7, 11) is 0. The number of ether oxygens (including phenoxy) is 2. The summed E-state index contributed by atoms with van der Waals surface area (Å²) in [5.74, 6) is -1.82. The number of benzene rings is 2. The normalized spacial score (nSPS) is 29.6. The van der Waals surface area contributed by atoms with E-state index in [4.69, 9.17) is 9.47 Å². The summed E-state index contributed by atoms with van der Waals surface area (Å²) in [5.41, 5.74) is 1.59. The molecular formula is C25H25N3O6. The molecule has 5 atom stereocenters. The average Bonchev–Trinajstić information content (AvgIpc) is 3.55. The highest BCUT2D eigenvalue weighted by Gasteiger charge is 2.71. The third-order valence-corrected chi connectivity index (χ3v) is 7.54. The Labute approximate surface area is 196 Å². The molecular weight excluding hydrogens is 438 g/mol. The predicted molar refractivity (Wildman–Crippen MR) is 120 cm³/mol. The summed E-state index contributed by atoms with van der Waals surface area (Å²) >= 11 is 0. The van der Waals surface area contributed by atoms with Gasteiger partial charge in [0.1, 0.15) is 5.54 Å². The van der Waals surface area contributed by atoms with Crippen LogP contribution < -0.4 is 20.1 Å². The van der Waals surface area contributed by atoms with E-state index in [0.29, 0.717) is 34.7 Å². The summed E-state index contributed by atoms with van der Waals surface area (Å²) in [6.45, 7) is 3.74. The third-order valence-electron chi connectivity index (χ3n) is 7.54. The Bertz CT molecular complexity index is 1240. The lowest BCUT2D eigenvalue weighted by molar-refractivity contribution is -0.143. The molecule has 2 saturated heterocycles. The number of carbonyl (C=O) groups is 3. The second-order valence-electron chi connectivity index (χ2n) is 9.32. The van der Waals surface area contributed by atoms with E-state index in [-0.39, 0.29) is 19.2 Å². The van der Waals surface area contributed by atoms with Gasteiger partial charge in [-0.25, -0.2) is 0 Å². The Kier molecular flexibility index (Phi) is 4.53. The molecule has 6 rings (SSSR count). The smallest absolute Gasteiger partial charge is 0.250 e. The first-order chi connectivity index (χ1) is 16.4. The number of imide groups is 1. The van der Waals surface area contributed by atoms with Crippen LogP contribution in [-0.2, 0) is 32.9 Å². The molecule has 2 fully saturated rings. The molecule has 0 aliphatic carbocycles. The molecule has 0 saturated carbocycles. The van der Waals surface area contributed by atoms with Gasteiger partial charge in [0.25, 0.3) is 0 Å². The molecule has 2 aromatic rings. The first kappa shape index (κ1) is 21.1. The first-order valence-electron chi connectivity index (χ1n) is 11.5. The number of nitrogens with one attached hydrogen (secondary N) is 2. The van der Waals surface area contributed by atoms with Crippen LogP contribution in [0.15, 0.2) is 36.4 Å². The highest BCUT2D eigenvalue weighted by atomic mass is 16.7. The van der Waals surface area contributed by atoms with Gasteiger partial charge >= 0.3 is 0 Å². The minimum absolute atomic E-state index is 0.0490. The lowest BCUT2D eigenvalue weighted by atomic mass is 9.76. The van der Waals surface area contributed by atoms with Crippen molar-refractivity contribution < 1.29 is 29.0 Å². The molecule has 1 spiro atoms. The number of hydrogen-bond donors (Lipinski definition) is 3. The topological polar surface area (TPSA) is 117 Å². The van der Waals surface area contributed by atoms with Crippen LogP contribution >= 0.6 is 0 Å². The van der Waals surface area contributed by atoms with Crippen LogP contribution in [-0.4, -0.2) is 46.7 Å². The van der Waals surface area contributed by atoms with Gasteiger partial charge in [-0.2, -0.15) is 0 Å². The van der Waals surface area contributed by atoms with E-state index >= 15 is 0 Å². The molecule has 4 heterocycles. The van der Waals surface area contributed by atoms with Crippen LogP contribution in [0.25, 0.3) is 0 Å². The monoisotopic (exact) mass is 463 g/mol. The van der Waals surface area contributed by atoms with Crippen molar-refractivity contribution in [2.24, 2.45) is 11.8 Å². The standard InChI is InChI=1S/C25H25N3O6/c1-3-14-5-4-6-15-21(14)26-24(32)25(15)19-18(20(27-25)12(2)29)22(30)28(23(19)31)10-13-7-8-16-17(9-13)34-11-33-16/h4-9,12,18-20,27,29H,3,10-11H2,1-2H3,(H,26,32)/t12-,18+,19+,20-,25-/m1/s1. The Hall–Kier alpha value is -3.43. The van der Waals surface area contributed by atoms with Crippen molar-refractivity contribution in [2.45, 2.75) is 44.5 Å². The molecule has 3 N–H and O–H groups in total. The van der Waals surface area contributed by atoms with Crippen LogP contribution in [0.1, 0.15) is 30.5 Å². The van der Waals surface area contributed by atoms with Crippen LogP contribution in [0.3, 0.4) is 0 Å². The van der Waals surface area contributed by atoms with Crippen molar-refractivity contribution >= 4 is 23.4 Å². The molecule has 0 aromatic heterocycles. The third kappa shape index (κ3) is 2.65. The number of anilines is 1. The van der Waals surface area contributed by atoms with Crippen molar-refractivity contribution in [3.8, 4) is 11.5 Å². The van der Waals surface area contributed by atoms with Crippen LogP contribution in [0.2, 0.25) is 0 Å². The maximum absolute atomic E-state index is 13.8. The fourth-order valence-corrected chi connectivity index (χ4v) is 5.97. The Morgan fingerprint density at radius 3 is 2.71 bits per heavy atom. The zero-order valence-electron chi connectivity index (χ0n) is 18.8. The second kappa shape index (κ2) is 7.28. The lowest BCUT2D eigenvalue weighted by Gasteiger charge is -2.30. The van der Waals surface area contributed by atoms with Gasteiger partial charge in [-0.1, -0.05) is 31.2 Å². The number of amides is 3. The largest absolute Gasteiger partial charge is 0.454 e. The second-order valence-corrected chi connectivity index (χ2v) is 9.32. The van der Waals surface area contributed by atoms with Gasteiger partial charge < -0.3 is 19.9 Å². The number of fused-ring (bicyclic) bond motifs is 5. The SMILES string of the molecule is CCc1cccc2c1NC(=O)[C@@]21N[C@H]([C@@H](C)O)[C@H]2C(=O)N(Cc3ccc4c(c3)OCO4)C(=O)[C@H]21. The predicted octanol–water partition coefficient (Wildman–Crippen LogP) is 1.28. The van der Waals surface area contributed by atoms with E-state index < -0.39 is 41.3 Å². The van der Waals surface area contributed by atoms with Gasteiger partial charge in [-0.05, 0) is 36.6 Å². The van der Waals surface area contributed by atoms with Crippen molar-refractivity contribution in [1.29, 1.82) is 0 Å². The molecule has 0 unspecified atom stereocenters. The van der Waals surface area contributed by atoms with E-state index in [2.05, 4.69) is 10.6 Å². The molecule has 4 aliphatic heterocycles. The van der Waals surface area contributed by atoms with E-state index in [1.54, 1.807) is 25.1 Å². The molecule has 2 aromatic carbocycles. The van der Waals surface area contributed by atoms with E-state index in [1.165, 1.54) is 4.90 Å². The van der Waals surface area contributed by atoms with E-state index in [0.717, 1.165) is 5.56 Å². The fraction of sp³-hybridized carbons (Fsp3) is 0.400. The number of likely N-dealkylation sites (tertiary alicyclic amines) is 1. The summed E-state index contributed by atoms with van der Waals surface area (Å²) in [6.07, 6.45) is -0.239. The van der Waals surface area contributed by atoms with Gasteiger partial charge in [0.15, 0.2) is 11.5 Å². The quantitative estimate of drug-likeness (QED) is 0.585. The Balaban J connectivity index is 1.43. The summed E-state index contributed by atoms with van der Waals surface area (Å²) in [4.78, 5) is 42.1. The lowest BCUT2D eigenvalue weighted by Crippen LogP contribution is -2.54. The van der Waals surface area contributed by atoms with Gasteiger partial charge in [0.2, 0.25) is 24.5 Å². The molecule has 9 nitrogen and oxygen atoms in total. The molecule has 0 radical (unpaired) electrons. The van der Waals surface area contributed by atoms with E-state index in [9.17, 15) is 19.5 Å². The number of para-hydroxylation sites is 1. The van der Waals surface area contributed by atoms with Crippen molar-refractivity contribution in [2.75, 3.05) is 12.1 Å². The number of carbonyl (C=O) groups excluding carboxylic acids is 3. The highest BCUT2D eigenvalue weighted by Crippen LogP contribution is 2.54. The minimum atomic E-state index is -1.41. The molecule has 9 heteroatoms. The summed E-state index contributed by atoms with van der Waals surface area (Å²) in [6, 6.07) is 10.2. The molecule has 34 heavy (non-hydrogen) atoms. The summed E-state index contributed by atoms with van der Waals surface area (Å²) in [5, 5.41) is 16.7. The zero-order chi connectivity index (χ0) is 23.8. The molecule has 4 aliphatic rings. The van der Waals surface area contributed by atoms with E-state index in [1.807, 2.05) is 25.1 Å². The molecule has 3 amide bonds. The number of rotatable bonds is 4.